The number of pyridine rings is 1. The van der Waals surface area contributed by atoms with Gasteiger partial charge in [0.15, 0.2) is 0 Å². The molecule has 0 atom stereocenters. The van der Waals surface area contributed by atoms with Crippen molar-refractivity contribution in [3.63, 3.8) is 0 Å². The van der Waals surface area contributed by atoms with Crippen LogP contribution in [-0.4, -0.2) is 11.0 Å². The molecule has 0 unspecified atom stereocenters. The first-order valence-corrected chi connectivity index (χ1v) is 6.40. The summed E-state index contributed by atoms with van der Waals surface area (Å²) in [6.45, 7) is 7.26. The molecule has 18 heavy (non-hydrogen) atoms. The normalized spacial score (nSPS) is 10.9. The Hall–Kier alpha value is -1.67. The summed E-state index contributed by atoms with van der Waals surface area (Å²) in [5, 5.41) is 3.42. The van der Waals surface area contributed by atoms with E-state index < -0.39 is 0 Å². The van der Waals surface area contributed by atoms with Crippen LogP contribution in [0, 0.1) is 6.92 Å². The Morgan fingerprint density at radius 3 is 2.39 bits per heavy atom. The molecule has 0 aliphatic carbocycles. The van der Waals surface area contributed by atoms with Crippen molar-refractivity contribution in [1.29, 1.82) is 0 Å². The van der Waals surface area contributed by atoms with Crippen molar-refractivity contribution in [2.45, 2.75) is 33.4 Å². The van der Waals surface area contributed by atoms with Gasteiger partial charge in [-0.15, -0.1) is 0 Å². The summed E-state index contributed by atoms with van der Waals surface area (Å²) in [5.41, 5.74) is 4.84. The fourth-order valence-electron chi connectivity index (χ4n) is 1.86. The van der Waals surface area contributed by atoms with Gasteiger partial charge in [0.2, 0.25) is 0 Å². The van der Waals surface area contributed by atoms with E-state index in [1.807, 2.05) is 19.2 Å². The Kier molecular flexibility index (Phi) is 4.11. The molecule has 2 nitrogen and oxygen atoms in total. The van der Waals surface area contributed by atoms with Gasteiger partial charge >= 0.3 is 0 Å². The molecule has 2 heteroatoms. The van der Waals surface area contributed by atoms with Gasteiger partial charge in [-0.05, 0) is 35.7 Å². The molecule has 1 N–H and O–H groups in total. The monoisotopic (exact) mass is 240 g/mol. The molecule has 0 fully saturated rings. The molecule has 94 valence electrons. The van der Waals surface area contributed by atoms with Crippen LogP contribution in [0.3, 0.4) is 0 Å². The van der Waals surface area contributed by atoms with Crippen molar-refractivity contribution >= 4 is 0 Å². The minimum atomic E-state index is 0.521. The first-order valence-electron chi connectivity index (χ1n) is 6.40. The number of nitrogens with one attached hydrogen (secondary N) is 1. The van der Waals surface area contributed by atoms with Crippen LogP contribution in [0.5, 0.6) is 0 Å². The fourth-order valence-corrected chi connectivity index (χ4v) is 1.86. The Labute approximate surface area is 109 Å². The zero-order chi connectivity index (χ0) is 13.0. The Morgan fingerprint density at radius 1 is 1.06 bits per heavy atom. The van der Waals surface area contributed by atoms with E-state index in [2.05, 4.69) is 54.5 Å². The number of hydrogen-bond donors (Lipinski definition) is 1. The summed E-state index contributed by atoms with van der Waals surface area (Å²) >= 11 is 0. The highest BCUT2D eigenvalue weighted by molar-refractivity contribution is 5.63. The molecule has 0 amide bonds. The topological polar surface area (TPSA) is 24.9 Å². The van der Waals surface area contributed by atoms with Crippen LogP contribution in [-0.2, 0) is 6.54 Å². The van der Waals surface area contributed by atoms with Crippen LogP contribution < -0.4 is 5.32 Å². The van der Waals surface area contributed by atoms with Crippen molar-refractivity contribution in [3.05, 3.63) is 53.9 Å². The van der Waals surface area contributed by atoms with E-state index in [9.17, 15) is 0 Å². The summed E-state index contributed by atoms with van der Waals surface area (Å²) in [5.74, 6) is 0. The van der Waals surface area contributed by atoms with Gasteiger partial charge in [0.05, 0.1) is 0 Å². The van der Waals surface area contributed by atoms with Crippen LogP contribution in [0.4, 0.5) is 0 Å². The summed E-state index contributed by atoms with van der Waals surface area (Å²) < 4.78 is 0. The summed E-state index contributed by atoms with van der Waals surface area (Å²) in [4.78, 5) is 4.22. The van der Waals surface area contributed by atoms with Gasteiger partial charge in [-0.25, -0.2) is 0 Å². The number of aromatic nitrogens is 1. The van der Waals surface area contributed by atoms with Gasteiger partial charge in [-0.2, -0.15) is 0 Å². The minimum Gasteiger partial charge on any atom is -0.310 e. The first kappa shape index (κ1) is 12.8. The van der Waals surface area contributed by atoms with Crippen LogP contribution in [0.2, 0.25) is 0 Å². The highest BCUT2D eigenvalue weighted by Gasteiger charge is 1.99. The zero-order valence-corrected chi connectivity index (χ0v) is 11.3. The second-order valence-corrected chi connectivity index (χ2v) is 4.92. The van der Waals surface area contributed by atoms with E-state index in [1.165, 1.54) is 16.7 Å². The maximum absolute atomic E-state index is 4.22. The smallest absolute Gasteiger partial charge is 0.0378 e. The summed E-state index contributed by atoms with van der Waals surface area (Å²) in [7, 11) is 0. The van der Waals surface area contributed by atoms with Crippen LogP contribution in [0.15, 0.2) is 42.6 Å². The lowest BCUT2D eigenvalue weighted by Gasteiger charge is -2.09. The molecular formula is C16H20N2. The standard InChI is InChI=1S/C16H20N2/c1-12(2)18-11-14-4-6-15(7-5-14)16-8-9-17-13(3)10-16/h4-10,12,18H,11H2,1-3H3. The lowest BCUT2D eigenvalue weighted by molar-refractivity contribution is 0.589. The van der Waals surface area contributed by atoms with E-state index in [1.54, 1.807) is 0 Å². The van der Waals surface area contributed by atoms with Gasteiger partial charge in [0.25, 0.3) is 0 Å². The van der Waals surface area contributed by atoms with Crippen molar-refractivity contribution in [2.75, 3.05) is 0 Å². The maximum Gasteiger partial charge on any atom is 0.0378 e. The van der Waals surface area contributed by atoms with Gasteiger partial charge < -0.3 is 5.32 Å². The Bertz CT molecular complexity index is 501. The predicted octanol–water partition coefficient (Wildman–Crippen LogP) is 3.56. The van der Waals surface area contributed by atoms with Crippen LogP contribution in [0.25, 0.3) is 11.1 Å². The van der Waals surface area contributed by atoms with E-state index in [0.717, 1.165) is 12.2 Å². The third-order valence-corrected chi connectivity index (χ3v) is 2.90. The molecule has 0 saturated heterocycles. The van der Waals surface area contributed by atoms with E-state index in [-0.39, 0.29) is 0 Å². The van der Waals surface area contributed by atoms with E-state index in [4.69, 9.17) is 0 Å². The molecule has 0 bridgehead atoms. The summed E-state index contributed by atoms with van der Waals surface area (Å²) in [6.07, 6.45) is 1.86. The van der Waals surface area contributed by atoms with Crippen molar-refractivity contribution < 1.29 is 0 Å². The average Bonchev–Trinajstić information content (AvgIpc) is 2.37. The highest BCUT2D eigenvalue weighted by atomic mass is 14.9. The molecule has 0 radical (unpaired) electrons. The predicted molar refractivity (Wildman–Crippen MR) is 76.4 cm³/mol. The van der Waals surface area contributed by atoms with Crippen molar-refractivity contribution in [2.24, 2.45) is 0 Å². The Morgan fingerprint density at radius 2 is 1.78 bits per heavy atom. The third-order valence-electron chi connectivity index (χ3n) is 2.90. The van der Waals surface area contributed by atoms with E-state index in [0.29, 0.717) is 6.04 Å². The maximum atomic E-state index is 4.22. The molecule has 1 aromatic heterocycles. The molecule has 2 rings (SSSR count). The van der Waals surface area contributed by atoms with Gasteiger partial charge in [0.1, 0.15) is 0 Å². The molecule has 1 aromatic carbocycles. The second-order valence-electron chi connectivity index (χ2n) is 4.92. The third kappa shape index (κ3) is 3.41. The second kappa shape index (κ2) is 5.78. The van der Waals surface area contributed by atoms with Crippen LogP contribution in [0.1, 0.15) is 25.1 Å². The molecule has 0 aliphatic rings. The van der Waals surface area contributed by atoms with Crippen molar-refractivity contribution in [1.82, 2.24) is 10.3 Å². The molecule has 2 aromatic rings. The van der Waals surface area contributed by atoms with Crippen molar-refractivity contribution in [3.8, 4) is 11.1 Å². The van der Waals surface area contributed by atoms with E-state index >= 15 is 0 Å². The van der Waals surface area contributed by atoms with Gasteiger partial charge in [0, 0.05) is 24.5 Å². The number of aryl methyl sites for hydroxylation is 1. The lowest BCUT2D eigenvalue weighted by atomic mass is 10.0. The van der Waals surface area contributed by atoms with Gasteiger partial charge in [-0.3, -0.25) is 4.98 Å². The average molecular weight is 240 g/mol. The molecule has 0 spiro atoms. The molecule has 1 heterocycles. The molecule has 0 saturated carbocycles. The summed E-state index contributed by atoms with van der Waals surface area (Å²) in [6, 6.07) is 13.4. The first-order chi connectivity index (χ1) is 8.65. The minimum absolute atomic E-state index is 0.521. The quantitative estimate of drug-likeness (QED) is 0.884. The van der Waals surface area contributed by atoms with Crippen LogP contribution >= 0.6 is 0 Å². The number of nitrogens with zero attached hydrogens (tertiary/aromatic N) is 1. The number of rotatable bonds is 4. The number of benzene rings is 1. The Balaban J connectivity index is 2.12. The SMILES string of the molecule is Cc1cc(-c2ccc(CNC(C)C)cc2)ccn1. The largest absolute Gasteiger partial charge is 0.310 e. The fraction of sp³-hybridized carbons (Fsp3) is 0.312. The lowest BCUT2D eigenvalue weighted by Crippen LogP contribution is -2.21. The highest BCUT2D eigenvalue weighted by Crippen LogP contribution is 2.19. The molecule has 0 aliphatic heterocycles. The van der Waals surface area contributed by atoms with Gasteiger partial charge in [-0.1, -0.05) is 38.1 Å². The zero-order valence-electron chi connectivity index (χ0n) is 11.3. The molecular weight excluding hydrogens is 220 g/mol. The number of hydrogen-bond acceptors (Lipinski definition) is 2.